The summed E-state index contributed by atoms with van der Waals surface area (Å²) in [6, 6.07) is 7.48. The zero-order valence-corrected chi connectivity index (χ0v) is 13.9. The second-order valence-corrected chi connectivity index (χ2v) is 5.54. The molecule has 0 bridgehead atoms. The van der Waals surface area contributed by atoms with Crippen LogP contribution >= 0.6 is 11.6 Å². The van der Waals surface area contributed by atoms with Crippen molar-refractivity contribution in [1.82, 2.24) is 9.97 Å². The lowest BCUT2D eigenvalue weighted by Crippen LogP contribution is -2.01. The van der Waals surface area contributed by atoms with Gasteiger partial charge in [0.15, 0.2) is 11.5 Å². The average Bonchev–Trinajstić information content (AvgIpc) is 2.57. The monoisotopic (exact) mass is 347 g/mol. The molecule has 0 aliphatic heterocycles. The van der Waals surface area contributed by atoms with E-state index in [1.807, 2.05) is 6.92 Å². The molecule has 1 heterocycles. The van der Waals surface area contributed by atoms with Crippen molar-refractivity contribution >= 4 is 34.0 Å². The van der Waals surface area contributed by atoms with Crippen molar-refractivity contribution in [3.63, 3.8) is 0 Å². The largest absolute Gasteiger partial charge is 0.504 e. The third-order valence-electron chi connectivity index (χ3n) is 3.54. The molecule has 7 heteroatoms. The Hall–Kier alpha value is -2.60. The van der Waals surface area contributed by atoms with Crippen LogP contribution in [0.4, 0.5) is 15.9 Å². The third kappa shape index (κ3) is 3.05. The summed E-state index contributed by atoms with van der Waals surface area (Å²) in [5.41, 5.74) is 1.21. The highest BCUT2D eigenvalue weighted by atomic mass is 35.5. The Morgan fingerprint density at radius 1 is 1.25 bits per heavy atom. The van der Waals surface area contributed by atoms with E-state index < -0.39 is 5.82 Å². The highest BCUT2D eigenvalue weighted by Crippen LogP contribution is 2.34. The van der Waals surface area contributed by atoms with Gasteiger partial charge in [0.05, 0.1) is 17.6 Å². The summed E-state index contributed by atoms with van der Waals surface area (Å²) in [5, 5.41) is 13.8. The van der Waals surface area contributed by atoms with E-state index in [2.05, 4.69) is 15.3 Å². The number of nitrogens with one attached hydrogen (secondary N) is 1. The minimum atomic E-state index is -0.494. The van der Waals surface area contributed by atoms with E-state index in [-0.39, 0.29) is 10.8 Å². The number of phenolic OH excluding ortho intramolecular Hbond substituents is 1. The number of nitrogens with zero attached hydrogens (tertiary/aromatic N) is 2. The summed E-state index contributed by atoms with van der Waals surface area (Å²) in [5.74, 6) is 0.951. The third-order valence-corrected chi connectivity index (χ3v) is 3.83. The van der Waals surface area contributed by atoms with Crippen LogP contribution < -0.4 is 10.1 Å². The van der Waals surface area contributed by atoms with Crippen LogP contribution in [-0.2, 0) is 6.42 Å². The number of methoxy groups -OCH3 is 1. The fourth-order valence-corrected chi connectivity index (χ4v) is 2.50. The zero-order valence-electron chi connectivity index (χ0n) is 13.1. The maximum atomic E-state index is 13.3. The van der Waals surface area contributed by atoms with E-state index in [1.54, 1.807) is 12.1 Å². The first kappa shape index (κ1) is 16.3. The van der Waals surface area contributed by atoms with Gasteiger partial charge in [0.25, 0.3) is 0 Å². The molecule has 0 saturated heterocycles. The molecule has 3 aromatic rings. The molecule has 0 amide bonds. The number of ether oxygens (including phenoxy) is 1. The number of aromatic hydroxyl groups is 1. The predicted molar refractivity (Wildman–Crippen MR) is 91.8 cm³/mol. The number of hydrogen-bond acceptors (Lipinski definition) is 5. The number of aromatic nitrogens is 2. The van der Waals surface area contributed by atoms with Crippen LogP contribution in [0.3, 0.4) is 0 Å². The van der Waals surface area contributed by atoms with Crippen molar-refractivity contribution in [2.24, 2.45) is 0 Å². The molecule has 0 spiro atoms. The van der Waals surface area contributed by atoms with Crippen LogP contribution in [0.2, 0.25) is 5.02 Å². The molecule has 0 radical (unpaired) electrons. The molecule has 0 fully saturated rings. The first-order valence-corrected chi connectivity index (χ1v) is 7.69. The molecule has 3 rings (SSSR count). The Morgan fingerprint density at radius 2 is 2.04 bits per heavy atom. The number of benzene rings is 2. The number of fused-ring (bicyclic) bond motifs is 1. The first-order valence-electron chi connectivity index (χ1n) is 7.31. The van der Waals surface area contributed by atoms with Gasteiger partial charge in [-0.15, -0.1) is 0 Å². The summed E-state index contributed by atoms with van der Waals surface area (Å²) in [6.07, 6.45) is 0.637. The minimum absolute atomic E-state index is 0.0126. The minimum Gasteiger partial charge on any atom is -0.504 e. The molecule has 2 aromatic carbocycles. The number of hydrogen-bond donors (Lipinski definition) is 2. The number of aryl methyl sites for hydroxylation is 1. The molecule has 0 aliphatic carbocycles. The van der Waals surface area contributed by atoms with Crippen LogP contribution in [0.25, 0.3) is 10.9 Å². The Balaban J connectivity index is 2.14. The Morgan fingerprint density at radius 3 is 2.71 bits per heavy atom. The molecule has 0 atom stereocenters. The topological polar surface area (TPSA) is 67.3 Å². The van der Waals surface area contributed by atoms with E-state index in [0.717, 1.165) is 0 Å². The summed E-state index contributed by atoms with van der Waals surface area (Å²) < 4.78 is 18.4. The first-order chi connectivity index (χ1) is 11.5. The second kappa shape index (κ2) is 6.49. The van der Waals surface area contributed by atoms with Gasteiger partial charge in [0.1, 0.15) is 17.5 Å². The van der Waals surface area contributed by atoms with Crippen LogP contribution in [0.1, 0.15) is 12.7 Å². The van der Waals surface area contributed by atoms with E-state index in [4.69, 9.17) is 16.3 Å². The number of anilines is 2. The van der Waals surface area contributed by atoms with Crippen LogP contribution in [-0.4, -0.2) is 22.2 Å². The lowest BCUT2D eigenvalue weighted by Gasteiger charge is -2.12. The van der Waals surface area contributed by atoms with E-state index >= 15 is 0 Å². The Kier molecular flexibility index (Phi) is 4.40. The van der Waals surface area contributed by atoms with Crippen LogP contribution in [0.15, 0.2) is 30.3 Å². The Labute approximate surface area is 143 Å². The van der Waals surface area contributed by atoms with Gasteiger partial charge >= 0.3 is 0 Å². The van der Waals surface area contributed by atoms with E-state index in [0.29, 0.717) is 40.4 Å². The van der Waals surface area contributed by atoms with Crippen molar-refractivity contribution in [3.8, 4) is 11.5 Å². The molecular weight excluding hydrogens is 333 g/mol. The summed E-state index contributed by atoms with van der Waals surface area (Å²) in [4.78, 5) is 8.90. The highest BCUT2D eigenvalue weighted by Gasteiger charge is 2.12. The number of phenols is 1. The van der Waals surface area contributed by atoms with Crippen molar-refractivity contribution in [1.29, 1.82) is 0 Å². The maximum Gasteiger partial charge on any atom is 0.162 e. The van der Waals surface area contributed by atoms with Gasteiger partial charge in [-0.05, 0) is 24.3 Å². The molecule has 0 saturated carbocycles. The predicted octanol–water partition coefficient (Wildman–Crippen LogP) is 4.44. The maximum absolute atomic E-state index is 13.3. The van der Waals surface area contributed by atoms with Crippen molar-refractivity contribution < 1.29 is 14.2 Å². The molecule has 1 aromatic heterocycles. The lowest BCUT2D eigenvalue weighted by molar-refractivity contribution is 0.374. The summed E-state index contributed by atoms with van der Waals surface area (Å²) >= 11 is 5.82. The zero-order chi connectivity index (χ0) is 17.3. The van der Waals surface area contributed by atoms with Crippen molar-refractivity contribution in [2.45, 2.75) is 13.3 Å². The molecule has 5 nitrogen and oxygen atoms in total. The van der Waals surface area contributed by atoms with Gasteiger partial charge in [0, 0.05) is 23.6 Å². The second-order valence-electron chi connectivity index (χ2n) is 5.14. The summed E-state index contributed by atoms with van der Waals surface area (Å²) in [7, 11) is 1.47. The lowest BCUT2D eigenvalue weighted by atomic mass is 10.2. The van der Waals surface area contributed by atoms with E-state index in [9.17, 15) is 9.50 Å². The Bertz CT molecular complexity index is 918. The quantitative estimate of drug-likeness (QED) is 0.730. The molecule has 2 N–H and O–H groups in total. The number of halogens is 2. The number of rotatable bonds is 4. The SMILES string of the molecule is CCc1nc(Nc2ccc(F)c(Cl)c2)c2cc(O)c(OC)cc2n1. The van der Waals surface area contributed by atoms with E-state index in [1.165, 1.54) is 25.3 Å². The van der Waals surface area contributed by atoms with Gasteiger partial charge in [-0.1, -0.05) is 18.5 Å². The fraction of sp³-hybridized carbons (Fsp3) is 0.176. The molecule has 124 valence electrons. The molecular formula is C17H15ClFN3O2. The average molecular weight is 348 g/mol. The van der Waals surface area contributed by atoms with Crippen LogP contribution in [0, 0.1) is 5.82 Å². The van der Waals surface area contributed by atoms with Crippen molar-refractivity contribution in [2.75, 3.05) is 12.4 Å². The van der Waals surface area contributed by atoms with Gasteiger partial charge in [0.2, 0.25) is 0 Å². The summed E-state index contributed by atoms with van der Waals surface area (Å²) in [6.45, 7) is 1.94. The molecule has 0 aliphatic rings. The van der Waals surface area contributed by atoms with Gasteiger partial charge < -0.3 is 15.2 Å². The van der Waals surface area contributed by atoms with Crippen LogP contribution in [0.5, 0.6) is 11.5 Å². The molecule has 24 heavy (non-hydrogen) atoms. The van der Waals surface area contributed by atoms with Gasteiger partial charge in [-0.3, -0.25) is 0 Å². The van der Waals surface area contributed by atoms with Gasteiger partial charge in [-0.2, -0.15) is 0 Å². The standard InChI is InChI=1S/C17H15ClFN3O2/c1-3-16-21-13-8-15(24-2)14(23)7-10(13)17(22-16)20-9-4-5-12(19)11(18)6-9/h4-8,23H,3H2,1-2H3,(H,20,21,22). The van der Waals surface area contributed by atoms with Gasteiger partial charge in [-0.25, -0.2) is 14.4 Å². The van der Waals surface area contributed by atoms with Crippen molar-refractivity contribution in [3.05, 3.63) is 47.0 Å². The smallest absolute Gasteiger partial charge is 0.162 e. The fourth-order valence-electron chi connectivity index (χ4n) is 2.32. The molecule has 0 unspecified atom stereocenters. The normalized spacial score (nSPS) is 10.8. The highest BCUT2D eigenvalue weighted by molar-refractivity contribution is 6.31.